The Bertz CT molecular complexity index is 2760. The Balaban J connectivity index is 0.671. The van der Waals surface area contributed by atoms with Gasteiger partial charge in [0.15, 0.2) is 0 Å². The topological polar surface area (TPSA) is 128 Å². The van der Waals surface area contributed by atoms with E-state index < -0.39 is 11.9 Å². The van der Waals surface area contributed by atoms with Crippen molar-refractivity contribution < 1.29 is 28.6 Å². The number of anilines is 1. The molecule has 10 rings (SSSR count). The first-order valence-electron chi connectivity index (χ1n) is 21.1. The molecule has 1 aliphatic carbocycles. The molecule has 4 aliphatic rings. The average Bonchev–Trinajstić information content (AvgIpc) is 3.73. The number of aryl methyl sites for hydroxylation is 2. The van der Waals surface area contributed by atoms with E-state index in [2.05, 4.69) is 99.1 Å². The second kappa shape index (κ2) is 16.0. The third kappa shape index (κ3) is 7.77. The third-order valence-corrected chi connectivity index (χ3v) is 12.5. The number of imide groups is 1. The predicted octanol–water partition coefficient (Wildman–Crippen LogP) is 6.88. The van der Waals surface area contributed by atoms with E-state index in [0.717, 1.165) is 77.7 Å². The highest BCUT2D eigenvalue weighted by Crippen LogP contribution is 2.35. The average molecular weight is 815 g/mol. The molecule has 2 saturated heterocycles. The number of benzene rings is 3. The standard InChI is InChI=1S/C49H46N6O6/c1-30-20-31(4-3-19-59-37-7-9-40-34(23-37)29-55(49(40)58)44-10-11-46(56)52-48(44)57)22-35(21-30)54-17-14-36(15-18-54)60-38-25-39(26-38)61-47-12-6-33(27-51-47)32-5-8-41-42-28-50-16-13-43(42)53(2)45(41)24-32/h5-9,12-13,16,20-24,27-28,36,38-39,44H,10-11,14-15,17-19,25-26,29H2,1-2H3,(H,52,56,57). The molecule has 1 atom stereocenters. The van der Waals surface area contributed by atoms with Crippen LogP contribution in [0.3, 0.4) is 0 Å². The number of nitrogens with one attached hydrogen (secondary N) is 1. The van der Waals surface area contributed by atoms with Gasteiger partial charge in [-0.1, -0.05) is 24.0 Å². The number of hydrogen-bond donors (Lipinski definition) is 1. The van der Waals surface area contributed by atoms with Crippen LogP contribution in [0.4, 0.5) is 5.69 Å². The van der Waals surface area contributed by atoms with Crippen molar-refractivity contribution in [2.45, 2.75) is 76.3 Å². The van der Waals surface area contributed by atoms with Gasteiger partial charge in [-0.2, -0.15) is 0 Å². The first kappa shape index (κ1) is 38.5. The van der Waals surface area contributed by atoms with Crippen molar-refractivity contribution in [3.8, 4) is 34.6 Å². The smallest absolute Gasteiger partial charge is 0.255 e. The number of amides is 3. The Morgan fingerprint density at radius 1 is 0.836 bits per heavy atom. The zero-order valence-corrected chi connectivity index (χ0v) is 34.2. The number of fused-ring (bicyclic) bond motifs is 4. The van der Waals surface area contributed by atoms with Crippen LogP contribution in [-0.4, -0.2) is 81.2 Å². The van der Waals surface area contributed by atoms with Crippen molar-refractivity contribution >= 4 is 45.2 Å². The van der Waals surface area contributed by atoms with Crippen LogP contribution in [0.1, 0.15) is 65.6 Å². The number of ether oxygens (including phenoxy) is 3. The molecule has 3 fully saturated rings. The second-order valence-corrected chi connectivity index (χ2v) is 16.6. The monoisotopic (exact) mass is 814 g/mol. The van der Waals surface area contributed by atoms with Gasteiger partial charge < -0.3 is 28.6 Å². The van der Waals surface area contributed by atoms with Crippen LogP contribution in [-0.2, 0) is 27.9 Å². The van der Waals surface area contributed by atoms with Crippen LogP contribution in [0.2, 0.25) is 0 Å². The molecule has 0 spiro atoms. The Labute approximate surface area is 353 Å². The number of rotatable bonds is 9. The molecule has 3 aromatic carbocycles. The van der Waals surface area contributed by atoms with Crippen LogP contribution in [0, 0.1) is 18.8 Å². The van der Waals surface area contributed by atoms with E-state index >= 15 is 0 Å². The summed E-state index contributed by atoms with van der Waals surface area (Å²) in [6, 6.07) is 23.7. The summed E-state index contributed by atoms with van der Waals surface area (Å²) in [6.07, 6.45) is 10.4. The highest BCUT2D eigenvalue weighted by molar-refractivity contribution is 6.08. The summed E-state index contributed by atoms with van der Waals surface area (Å²) in [5.41, 5.74) is 9.09. The molecule has 0 bridgehead atoms. The highest BCUT2D eigenvalue weighted by Gasteiger charge is 2.39. The third-order valence-electron chi connectivity index (χ3n) is 12.5. The summed E-state index contributed by atoms with van der Waals surface area (Å²) in [5, 5.41) is 4.69. The summed E-state index contributed by atoms with van der Waals surface area (Å²) in [7, 11) is 2.09. The fourth-order valence-corrected chi connectivity index (χ4v) is 9.19. The Kier molecular flexibility index (Phi) is 10.1. The summed E-state index contributed by atoms with van der Waals surface area (Å²) >= 11 is 0. The molecule has 1 N–H and O–H groups in total. The number of carbonyl (C=O) groups is 3. The van der Waals surface area contributed by atoms with E-state index in [1.54, 1.807) is 12.1 Å². The number of nitrogens with zero attached hydrogens (tertiary/aromatic N) is 5. The van der Waals surface area contributed by atoms with Crippen molar-refractivity contribution in [2.24, 2.45) is 7.05 Å². The van der Waals surface area contributed by atoms with E-state index in [4.69, 9.17) is 14.2 Å². The molecule has 308 valence electrons. The zero-order chi connectivity index (χ0) is 41.6. The van der Waals surface area contributed by atoms with Crippen LogP contribution in [0.5, 0.6) is 11.6 Å². The first-order chi connectivity index (χ1) is 29.7. The van der Waals surface area contributed by atoms with Gasteiger partial charge in [0.1, 0.15) is 24.5 Å². The first-order valence-corrected chi connectivity index (χ1v) is 21.1. The molecule has 1 unspecified atom stereocenters. The number of carbonyl (C=O) groups excluding carboxylic acids is 3. The van der Waals surface area contributed by atoms with Gasteiger partial charge in [0.2, 0.25) is 17.7 Å². The SMILES string of the molecule is Cc1cc(C#CCOc2ccc3c(c2)CN(C2CCC(=O)NC2=O)C3=O)cc(N2CCC(OC3CC(Oc4ccc(-c5ccc6c7cnccc7n(C)c6c5)cn4)C3)CC2)c1. The number of aromatic nitrogens is 3. The Morgan fingerprint density at radius 3 is 2.51 bits per heavy atom. The molecular weight excluding hydrogens is 769 g/mol. The van der Waals surface area contributed by atoms with Crippen LogP contribution >= 0.6 is 0 Å². The molecular formula is C49H46N6O6. The maximum absolute atomic E-state index is 13.0. The molecule has 12 heteroatoms. The van der Waals surface area contributed by atoms with Crippen molar-refractivity contribution in [1.29, 1.82) is 0 Å². The summed E-state index contributed by atoms with van der Waals surface area (Å²) in [6.45, 7) is 4.41. The van der Waals surface area contributed by atoms with E-state index in [1.165, 1.54) is 21.3 Å². The molecule has 1 saturated carbocycles. The number of piperidine rings is 2. The quantitative estimate of drug-likeness (QED) is 0.123. The van der Waals surface area contributed by atoms with Crippen molar-refractivity contribution in [3.63, 3.8) is 0 Å². The van der Waals surface area contributed by atoms with Gasteiger partial charge in [0.25, 0.3) is 5.91 Å². The lowest BCUT2D eigenvalue weighted by molar-refractivity contribution is -0.136. The lowest BCUT2D eigenvalue weighted by Gasteiger charge is -2.40. The van der Waals surface area contributed by atoms with Gasteiger partial charge in [-0.05, 0) is 97.5 Å². The molecule has 6 heterocycles. The minimum Gasteiger partial charge on any atom is -0.481 e. The maximum Gasteiger partial charge on any atom is 0.255 e. The van der Waals surface area contributed by atoms with E-state index in [1.807, 2.05) is 30.7 Å². The van der Waals surface area contributed by atoms with E-state index in [-0.39, 0.29) is 43.2 Å². The van der Waals surface area contributed by atoms with E-state index in [9.17, 15) is 14.4 Å². The molecule has 3 aliphatic heterocycles. The van der Waals surface area contributed by atoms with Crippen molar-refractivity contribution in [1.82, 2.24) is 24.8 Å². The highest BCUT2D eigenvalue weighted by atomic mass is 16.5. The molecule has 6 aromatic rings. The summed E-state index contributed by atoms with van der Waals surface area (Å²) in [5.74, 6) is 6.74. The Hall–Kier alpha value is -6.71. The van der Waals surface area contributed by atoms with Gasteiger partial charge in [-0.25, -0.2) is 4.98 Å². The van der Waals surface area contributed by atoms with Crippen LogP contribution < -0.4 is 19.7 Å². The number of pyridine rings is 2. The van der Waals surface area contributed by atoms with Gasteiger partial charge in [-0.3, -0.25) is 24.7 Å². The van der Waals surface area contributed by atoms with Crippen molar-refractivity contribution in [3.05, 3.63) is 114 Å². The van der Waals surface area contributed by atoms with Gasteiger partial charge in [-0.15, -0.1) is 0 Å². The van der Waals surface area contributed by atoms with Gasteiger partial charge in [0, 0.05) is 109 Å². The second-order valence-electron chi connectivity index (χ2n) is 16.6. The molecule has 12 nitrogen and oxygen atoms in total. The fraction of sp³-hybridized carbons (Fsp3) is 0.327. The van der Waals surface area contributed by atoms with Crippen LogP contribution in [0.25, 0.3) is 32.9 Å². The Morgan fingerprint density at radius 2 is 1.69 bits per heavy atom. The van der Waals surface area contributed by atoms with E-state index in [0.29, 0.717) is 30.2 Å². The van der Waals surface area contributed by atoms with Crippen LogP contribution in [0.15, 0.2) is 91.4 Å². The zero-order valence-electron chi connectivity index (χ0n) is 34.2. The molecule has 0 radical (unpaired) electrons. The summed E-state index contributed by atoms with van der Waals surface area (Å²) in [4.78, 5) is 49.9. The summed E-state index contributed by atoms with van der Waals surface area (Å²) < 4.78 is 20.9. The predicted molar refractivity (Wildman–Crippen MR) is 231 cm³/mol. The molecule has 61 heavy (non-hydrogen) atoms. The van der Waals surface area contributed by atoms with Gasteiger partial charge >= 0.3 is 0 Å². The maximum atomic E-state index is 13.0. The minimum absolute atomic E-state index is 0.110. The number of hydrogen-bond acceptors (Lipinski definition) is 9. The van der Waals surface area contributed by atoms with Gasteiger partial charge in [0.05, 0.1) is 17.7 Å². The lowest BCUT2D eigenvalue weighted by atomic mass is 9.91. The lowest BCUT2D eigenvalue weighted by Crippen LogP contribution is -2.52. The fourth-order valence-electron chi connectivity index (χ4n) is 9.19. The normalized spacial score (nSPS) is 20.3. The largest absolute Gasteiger partial charge is 0.481 e. The minimum atomic E-state index is -0.647. The molecule has 3 amide bonds. The van der Waals surface area contributed by atoms with Crippen molar-refractivity contribution in [2.75, 3.05) is 24.6 Å². The molecule has 3 aromatic heterocycles.